The maximum absolute atomic E-state index is 12.5. The molecule has 7 heteroatoms. The number of fused-ring (bicyclic) bond motifs is 1. The minimum Gasteiger partial charge on any atom is -0.483 e. The molecule has 1 aliphatic rings. The molecule has 2 amide bonds. The molecule has 0 saturated carbocycles. The third-order valence-corrected chi connectivity index (χ3v) is 4.79. The average molecular weight is 414 g/mol. The van der Waals surface area contributed by atoms with E-state index in [1.807, 2.05) is 63.2 Å². The summed E-state index contributed by atoms with van der Waals surface area (Å²) in [5.74, 6) is 1.24. The Morgan fingerprint density at radius 2 is 1.90 bits per heavy atom. The normalized spacial score (nSPS) is 13.5. The number of hydrogen-bond donors (Lipinski definition) is 2. The molecule has 0 fully saturated rings. The lowest BCUT2D eigenvalue weighted by atomic mass is 10.0. The number of anilines is 2. The number of carbonyl (C=O) groups is 1. The lowest BCUT2D eigenvalue weighted by Gasteiger charge is -2.18. The van der Waals surface area contributed by atoms with E-state index in [0.717, 1.165) is 17.5 Å². The van der Waals surface area contributed by atoms with E-state index in [0.29, 0.717) is 22.9 Å². The molecule has 0 radical (unpaired) electrons. The number of ether oxygens (including phenoxy) is 2. The first-order chi connectivity index (χ1) is 14.8. The van der Waals surface area contributed by atoms with E-state index in [1.54, 1.807) is 12.1 Å². The maximum Gasteiger partial charge on any atom is 0.323 e. The monoisotopic (exact) mass is 414 g/mol. The van der Waals surface area contributed by atoms with Gasteiger partial charge in [-0.25, -0.2) is 9.78 Å². The number of carbonyl (C=O) groups excluding carboxylic acids is 1. The predicted octanol–water partition coefficient (Wildman–Crippen LogP) is 5.41. The highest BCUT2D eigenvalue weighted by Crippen LogP contribution is 2.44. The number of hydrogen-bond acceptors (Lipinski definition) is 5. The van der Waals surface area contributed by atoms with E-state index >= 15 is 0 Å². The third-order valence-electron chi connectivity index (χ3n) is 4.79. The molecule has 31 heavy (non-hydrogen) atoms. The molecule has 0 saturated heterocycles. The molecule has 156 valence electrons. The SMILES string of the molecule is Cc1ccc(NC(=O)Nc2ccc(C#N)nc2Oc2cccc3c2OC(C)(C)C3)cc1. The van der Waals surface area contributed by atoms with Crippen LogP contribution < -0.4 is 20.1 Å². The first-order valence-corrected chi connectivity index (χ1v) is 9.87. The minimum atomic E-state index is -0.448. The number of nitrogens with zero attached hydrogens (tertiary/aromatic N) is 2. The number of aromatic nitrogens is 1. The van der Waals surface area contributed by atoms with Gasteiger partial charge >= 0.3 is 6.03 Å². The lowest BCUT2D eigenvalue weighted by molar-refractivity contribution is 0.135. The van der Waals surface area contributed by atoms with Crippen molar-refractivity contribution < 1.29 is 14.3 Å². The molecular weight excluding hydrogens is 392 g/mol. The molecule has 1 aromatic heterocycles. The third kappa shape index (κ3) is 4.59. The minimum absolute atomic E-state index is 0.111. The summed E-state index contributed by atoms with van der Waals surface area (Å²) in [6, 6.07) is 17.7. The Kier molecular flexibility index (Phi) is 5.22. The van der Waals surface area contributed by atoms with Gasteiger partial charge in [0.2, 0.25) is 5.88 Å². The average Bonchev–Trinajstić information content (AvgIpc) is 3.06. The van der Waals surface area contributed by atoms with Gasteiger partial charge in [0, 0.05) is 17.7 Å². The summed E-state index contributed by atoms with van der Waals surface area (Å²) in [5.41, 5.74) is 2.96. The van der Waals surface area contributed by atoms with E-state index < -0.39 is 6.03 Å². The van der Waals surface area contributed by atoms with Crippen molar-refractivity contribution in [1.29, 1.82) is 5.26 Å². The van der Waals surface area contributed by atoms with Gasteiger partial charge < -0.3 is 20.1 Å². The highest BCUT2D eigenvalue weighted by atomic mass is 16.5. The number of nitrogens with one attached hydrogen (secondary N) is 2. The molecular formula is C24H22N4O3. The van der Waals surface area contributed by atoms with Crippen LogP contribution in [-0.4, -0.2) is 16.6 Å². The summed E-state index contributed by atoms with van der Waals surface area (Å²) in [7, 11) is 0. The number of amides is 2. The van der Waals surface area contributed by atoms with Gasteiger partial charge in [-0.3, -0.25) is 0 Å². The molecule has 0 unspecified atom stereocenters. The zero-order valence-electron chi connectivity index (χ0n) is 17.5. The zero-order valence-corrected chi connectivity index (χ0v) is 17.5. The molecule has 3 aromatic rings. The van der Waals surface area contributed by atoms with Gasteiger partial charge in [-0.15, -0.1) is 0 Å². The van der Waals surface area contributed by atoms with Crippen molar-refractivity contribution in [1.82, 2.24) is 4.98 Å². The van der Waals surface area contributed by atoms with E-state index in [9.17, 15) is 10.1 Å². The Balaban J connectivity index is 1.59. The smallest absolute Gasteiger partial charge is 0.323 e. The zero-order chi connectivity index (χ0) is 22.0. The Labute approximate surface area is 180 Å². The van der Waals surface area contributed by atoms with Gasteiger partial charge in [0.25, 0.3) is 0 Å². The number of aryl methyl sites for hydroxylation is 1. The number of para-hydroxylation sites is 1. The Morgan fingerprint density at radius 1 is 1.13 bits per heavy atom. The molecule has 0 atom stereocenters. The van der Waals surface area contributed by atoms with Gasteiger partial charge in [-0.05, 0) is 51.1 Å². The quantitative estimate of drug-likeness (QED) is 0.595. The Morgan fingerprint density at radius 3 is 2.65 bits per heavy atom. The summed E-state index contributed by atoms with van der Waals surface area (Å²) in [5, 5.41) is 14.8. The van der Waals surface area contributed by atoms with Gasteiger partial charge in [0.15, 0.2) is 11.5 Å². The fourth-order valence-corrected chi connectivity index (χ4v) is 3.37. The number of nitriles is 1. The van der Waals surface area contributed by atoms with Crippen molar-refractivity contribution in [2.24, 2.45) is 0 Å². The van der Waals surface area contributed by atoms with Crippen molar-refractivity contribution in [3.05, 3.63) is 71.4 Å². The fourth-order valence-electron chi connectivity index (χ4n) is 3.37. The van der Waals surface area contributed by atoms with E-state index in [4.69, 9.17) is 9.47 Å². The number of urea groups is 1. The summed E-state index contributed by atoms with van der Waals surface area (Å²) < 4.78 is 12.1. The standard InChI is InChI=1S/C24H22N4O3/c1-15-7-9-17(10-8-15)27-23(29)28-19-12-11-18(14-25)26-22(19)30-20-6-4-5-16-13-24(2,3)31-21(16)20/h4-12H,13H2,1-3H3,(H2,27,28,29). The largest absolute Gasteiger partial charge is 0.483 e. The summed E-state index contributed by atoms with van der Waals surface area (Å²) in [6.07, 6.45) is 0.759. The van der Waals surface area contributed by atoms with Crippen LogP contribution in [0.3, 0.4) is 0 Å². The van der Waals surface area contributed by atoms with Gasteiger partial charge in [-0.1, -0.05) is 29.8 Å². The van der Waals surface area contributed by atoms with Crippen LogP contribution in [0.15, 0.2) is 54.6 Å². The molecule has 0 aliphatic carbocycles. The molecule has 2 aromatic carbocycles. The van der Waals surface area contributed by atoms with Crippen LogP contribution in [-0.2, 0) is 6.42 Å². The van der Waals surface area contributed by atoms with Crippen molar-refractivity contribution in [2.45, 2.75) is 32.8 Å². The van der Waals surface area contributed by atoms with E-state index in [1.165, 1.54) is 6.07 Å². The first kappa shape index (κ1) is 20.2. The van der Waals surface area contributed by atoms with Crippen LogP contribution in [0, 0.1) is 18.3 Å². The van der Waals surface area contributed by atoms with Gasteiger partial charge in [-0.2, -0.15) is 5.26 Å². The Bertz CT molecular complexity index is 1180. The van der Waals surface area contributed by atoms with Crippen molar-refractivity contribution in [3.63, 3.8) is 0 Å². The molecule has 4 rings (SSSR count). The number of pyridine rings is 1. The molecule has 2 N–H and O–H groups in total. The van der Waals surface area contributed by atoms with Crippen LogP contribution >= 0.6 is 0 Å². The first-order valence-electron chi connectivity index (χ1n) is 9.87. The van der Waals surface area contributed by atoms with Crippen molar-refractivity contribution >= 4 is 17.4 Å². The summed E-state index contributed by atoms with van der Waals surface area (Å²) >= 11 is 0. The fraction of sp³-hybridized carbons (Fsp3) is 0.208. The molecule has 1 aliphatic heterocycles. The highest BCUT2D eigenvalue weighted by Gasteiger charge is 2.32. The second kappa shape index (κ2) is 8.00. The maximum atomic E-state index is 12.5. The van der Waals surface area contributed by atoms with Gasteiger partial charge in [0.1, 0.15) is 23.1 Å². The topological polar surface area (TPSA) is 96.3 Å². The molecule has 0 spiro atoms. The Hall–Kier alpha value is -4.05. The van der Waals surface area contributed by atoms with E-state index in [-0.39, 0.29) is 17.2 Å². The molecule has 7 nitrogen and oxygen atoms in total. The summed E-state index contributed by atoms with van der Waals surface area (Å²) in [4.78, 5) is 16.7. The van der Waals surface area contributed by atoms with Crippen LogP contribution in [0.5, 0.6) is 17.4 Å². The second-order valence-electron chi connectivity index (χ2n) is 7.99. The molecule has 0 bridgehead atoms. The number of rotatable bonds is 4. The van der Waals surface area contributed by atoms with Crippen LogP contribution in [0.4, 0.5) is 16.2 Å². The summed E-state index contributed by atoms with van der Waals surface area (Å²) in [6.45, 7) is 5.99. The van der Waals surface area contributed by atoms with Crippen LogP contribution in [0.25, 0.3) is 0 Å². The van der Waals surface area contributed by atoms with Gasteiger partial charge in [0.05, 0.1) is 0 Å². The van der Waals surface area contributed by atoms with Crippen molar-refractivity contribution in [3.8, 4) is 23.4 Å². The van der Waals surface area contributed by atoms with E-state index in [2.05, 4.69) is 15.6 Å². The predicted molar refractivity (Wildman–Crippen MR) is 118 cm³/mol. The molecule has 2 heterocycles. The van der Waals surface area contributed by atoms with Crippen LogP contribution in [0.1, 0.15) is 30.7 Å². The van der Waals surface area contributed by atoms with Crippen LogP contribution in [0.2, 0.25) is 0 Å². The van der Waals surface area contributed by atoms with Crippen molar-refractivity contribution in [2.75, 3.05) is 10.6 Å². The number of benzene rings is 2. The highest BCUT2D eigenvalue weighted by molar-refractivity contribution is 6.00. The lowest BCUT2D eigenvalue weighted by Crippen LogP contribution is -2.24. The second-order valence-corrected chi connectivity index (χ2v) is 7.99.